The molecule has 0 radical (unpaired) electrons. The summed E-state index contributed by atoms with van der Waals surface area (Å²) in [6, 6.07) is 4.30. The number of rotatable bonds is 6. The van der Waals surface area contributed by atoms with E-state index in [0.717, 1.165) is 44.5 Å². The first-order valence-corrected chi connectivity index (χ1v) is 8.39. The number of benzene rings is 1. The van der Waals surface area contributed by atoms with Gasteiger partial charge in [0.1, 0.15) is 5.82 Å². The van der Waals surface area contributed by atoms with Crippen molar-refractivity contribution in [2.24, 2.45) is 5.92 Å². The van der Waals surface area contributed by atoms with Crippen LogP contribution in [0.5, 0.6) is 0 Å². The van der Waals surface area contributed by atoms with E-state index in [1.807, 2.05) is 6.07 Å². The fraction of sp³-hybridized carbons (Fsp3) is 0.588. The summed E-state index contributed by atoms with van der Waals surface area (Å²) in [6.07, 6.45) is 4.96. The number of urea groups is 1. The van der Waals surface area contributed by atoms with E-state index >= 15 is 0 Å². The minimum Gasteiger partial charge on any atom is -0.396 e. The van der Waals surface area contributed by atoms with E-state index in [-0.39, 0.29) is 24.5 Å². The van der Waals surface area contributed by atoms with Crippen molar-refractivity contribution in [1.29, 1.82) is 0 Å². The van der Waals surface area contributed by atoms with Gasteiger partial charge in [-0.2, -0.15) is 0 Å². The average molecular weight is 321 g/mol. The van der Waals surface area contributed by atoms with Crippen molar-refractivity contribution >= 4 is 17.4 Å². The van der Waals surface area contributed by atoms with Crippen LogP contribution in [-0.4, -0.2) is 36.9 Å². The maximum Gasteiger partial charge on any atom is 0.319 e. The zero-order chi connectivity index (χ0) is 16.2. The molecular weight excluding hydrogens is 297 g/mol. The van der Waals surface area contributed by atoms with Gasteiger partial charge in [-0.15, -0.1) is 0 Å². The van der Waals surface area contributed by atoms with Gasteiger partial charge in [0.25, 0.3) is 0 Å². The van der Waals surface area contributed by atoms with Crippen LogP contribution in [0, 0.1) is 11.7 Å². The molecule has 1 aliphatic carbocycles. The average Bonchev–Trinajstić information content (AvgIpc) is 3.20. The van der Waals surface area contributed by atoms with Gasteiger partial charge in [-0.3, -0.25) is 0 Å². The molecule has 1 heterocycles. The molecule has 0 bridgehead atoms. The zero-order valence-electron chi connectivity index (χ0n) is 13.2. The highest BCUT2D eigenvalue weighted by molar-refractivity contribution is 5.90. The number of carbonyl (C=O) groups excluding carboxylic acids is 1. The molecule has 0 aromatic heterocycles. The van der Waals surface area contributed by atoms with Crippen molar-refractivity contribution in [1.82, 2.24) is 5.32 Å². The summed E-state index contributed by atoms with van der Waals surface area (Å²) >= 11 is 0. The van der Waals surface area contributed by atoms with Gasteiger partial charge in [0.15, 0.2) is 0 Å². The van der Waals surface area contributed by atoms with E-state index in [2.05, 4.69) is 15.5 Å². The Morgan fingerprint density at radius 3 is 2.70 bits per heavy atom. The van der Waals surface area contributed by atoms with Gasteiger partial charge < -0.3 is 20.6 Å². The lowest BCUT2D eigenvalue weighted by atomic mass is 10.1. The largest absolute Gasteiger partial charge is 0.396 e. The number of amides is 2. The number of carbonyl (C=O) groups is 1. The van der Waals surface area contributed by atoms with Crippen LogP contribution in [0.25, 0.3) is 0 Å². The highest BCUT2D eigenvalue weighted by atomic mass is 19.1. The van der Waals surface area contributed by atoms with Crippen LogP contribution in [0.4, 0.5) is 20.6 Å². The Hall–Kier alpha value is -1.82. The van der Waals surface area contributed by atoms with E-state index in [9.17, 15) is 9.18 Å². The second kappa shape index (κ2) is 7.17. The molecule has 3 N–H and O–H groups in total. The number of nitrogens with zero attached hydrogens (tertiary/aromatic N) is 1. The number of nitrogens with one attached hydrogen (secondary N) is 2. The van der Waals surface area contributed by atoms with Gasteiger partial charge >= 0.3 is 6.03 Å². The van der Waals surface area contributed by atoms with Crippen LogP contribution in [0.15, 0.2) is 18.2 Å². The molecule has 2 aliphatic rings. The van der Waals surface area contributed by atoms with Crippen LogP contribution < -0.4 is 15.5 Å². The second-order valence-electron chi connectivity index (χ2n) is 6.45. The third kappa shape index (κ3) is 4.34. The molecule has 1 aromatic rings. The van der Waals surface area contributed by atoms with Crippen LogP contribution in [0.1, 0.15) is 32.1 Å². The molecule has 2 fully saturated rings. The lowest BCUT2D eigenvalue weighted by Crippen LogP contribution is -2.39. The summed E-state index contributed by atoms with van der Waals surface area (Å²) in [7, 11) is 0. The minimum absolute atomic E-state index is 0.00777. The van der Waals surface area contributed by atoms with Gasteiger partial charge in [0, 0.05) is 37.1 Å². The van der Waals surface area contributed by atoms with Crippen molar-refractivity contribution in [3.63, 3.8) is 0 Å². The Kier molecular flexibility index (Phi) is 5.00. The fourth-order valence-electron chi connectivity index (χ4n) is 3.20. The molecule has 5 nitrogen and oxygen atoms in total. The predicted molar refractivity (Wildman–Crippen MR) is 88.2 cm³/mol. The highest BCUT2D eigenvalue weighted by Crippen LogP contribution is 2.34. The number of hydrogen-bond donors (Lipinski definition) is 3. The summed E-state index contributed by atoms with van der Waals surface area (Å²) in [5.74, 6) is 0.111. The minimum atomic E-state index is -0.348. The van der Waals surface area contributed by atoms with Crippen molar-refractivity contribution in [2.45, 2.75) is 38.1 Å². The van der Waals surface area contributed by atoms with Crippen molar-refractivity contribution in [2.75, 3.05) is 29.9 Å². The first-order chi connectivity index (χ1) is 11.2. The maximum atomic E-state index is 13.8. The lowest BCUT2D eigenvalue weighted by Gasteiger charge is -2.20. The highest BCUT2D eigenvalue weighted by Gasteiger charge is 2.31. The Morgan fingerprint density at radius 1 is 1.30 bits per heavy atom. The van der Waals surface area contributed by atoms with Gasteiger partial charge in [0.2, 0.25) is 0 Å². The molecular formula is C17H24FN3O2. The summed E-state index contributed by atoms with van der Waals surface area (Å²) in [6.45, 7) is 1.91. The van der Waals surface area contributed by atoms with Crippen LogP contribution >= 0.6 is 0 Å². The van der Waals surface area contributed by atoms with Gasteiger partial charge in [-0.25, -0.2) is 9.18 Å². The van der Waals surface area contributed by atoms with E-state index in [4.69, 9.17) is 5.11 Å². The molecule has 1 aromatic carbocycles. The predicted octanol–water partition coefficient (Wildman–Crippen LogP) is 2.71. The van der Waals surface area contributed by atoms with Crippen LogP contribution in [0.3, 0.4) is 0 Å². The smallest absolute Gasteiger partial charge is 0.319 e. The summed E-state index contributed by atoms with van der Waals surface area (Å²) in [5, 5.41) is 14.7. The molecule has 1 atom stereocenters. The molecule has 1 saturated heterocycles. The van der Waals surface area contributed by atoms with Crippen LogP contribution in [0.2, 0.25) is 0 Å². The Bertz CT molecular complexity index is 557. The van der Waals surface area contributed by atoms with Crippen molar-refractivity contribution in [3.05, 3.63) is 24.0 Å². The topological polar surface area (TPSA) is 64.6 Å². The number of anilines is 2. The first kappa shape index (κ1) is 16.1. The molecule has 1 aliphatic heterocycles. The molecule has 0 spiro atoms. The number of halogens is 1. The second-order valence-corrected chi connectivity index (χ2v) is 6.45. The molecule has 2 amide bonds. The number of hydrogen-bond acceptors (Lipinski definition) is 3. The lowest BCUT2D eigenvalue weighted by molar-refractivity contribution is 0.234. The van der Waals surface area contributed by atoms with E-state index < -0.39 is 0 Å². The summed E-state index contributed by atoms with van der Waals surface area (Å²) < 4.78 is 13.8. The van der Waals surface area contributed by atoms with Gasteiger partial charge in [-0.05, 0) is 56.2 Å². The SMILES string of the molecule is O=C(Nc1cc(F)cc(N2CCCC2)c1)N[C@H](CCO)C1CC1. The summed E-state index contributed by atoms with van der Waals surface area (Å²) in [5.41, 5.74) is 1.27. The Morgan fingerprint density at radius 2 is 2.04 bits per heavy atom. The quantitative estimate of drug-likeness (QED) is 0.755. The molecule has 126 valence electrons. The van der Waals surface area contributed by atoms with Crippen molar-refractivity contribution in [3.8, 4) is 0 Å². The fourth-order valence-corrected chi connectivity index (χ4v) is 3.20. The van der Waals surface area contributed by atoms with E-state index in [1.165, 1.54) is 12.1 Å². The molecule has 6 heteroatoms. The molecule has 23 heavy (non-hydrogen) atoms. The third-order valence-corrected chi connectivity index (χ3v) is 4.56. The van der Waals surface area contributed by atoms with Crippen LogP contribution in [-0.2, 0) is 0 Å². The van der Waals surface area contributed by atoms with E-state index in [1.54, 1.807) is 0 Å². The summed E-state index contributed by atoms with van der Waals surface area (Å²) in [4.78, 5) is 14.3. The standard InChI is InChI=1S/C17H24FN3O2/c18-13-9-14(11-15(10-13)21-6-1-2-7-21)19-17(23)20-16(5-8-22)12-3-4-12/h9-12,16,22H,1-8H2,(H2,19,20,23)/t16-/m1/s1. The Balaban J connectivity index is 1.63. The number of aliphatic hydroxyl groups is 1. The van der Waals surface area contributed by atoms with Gasteiger partial charge in [-0.1, -0.05) is 0 Å². The number of aliphatic hydroxyl groups excluding tert-OH is 1. The normalized spacial score (nSPS) is 18.8. The molecule has 1 saturated carbocycles. The first-order valence-electron chi connectivity index (χ1n) is 8.39. The van der Waals surface area contributed by atoms with Crippen molar-refractivity contribution < 1.29 is 14.3 Å². The molecule has 3 rings (SSSR count). The molecule has 0 unspecified atom stereocenters. The maximum absolute atomic E-state index is 13.8. The van der Waals surface area contributed by atoms with Gasteiger partial charge in [0.05, 0.1) is 0 Å². The third-order valence-electron chi connectivity index (χ3n) is 4.56. The zero-order valence-corrected chi connectivity index (χ0v) is 13.2. The van der Waals surface area contributed by atoms with E-state index in [0.29, 0.717) is 18.0 Å². The Labute approximate surface area is 135 Å². The monoisotopic (exact) mass is 321 g/mol.